The van der Waals surface area contributed by atoms with Crippen LogP contribution in [0.15, 0.2) is 146 Å². The number of hydrogen-bond donors (Lipinski definition) is 0. The number of benzene rings is 5. The van der Waals surface area contributed by atoms with Crippen molar-refractivity contribution in [3.63, 3.8) is 0 Å². The van der Waals surface area contributed by atoms with E-state index in [2.05, 4.69) is 92.4 Å². The topological polar surface area (TPSA) is 47.1 Å². The van der Waals surface area contributed by atoms with Gasteiger partial charge in [-0.3, -0.25) is 19.4 Å². The molecule has 0 bridgehead atoms. The molecular formula is C48H55BrN4O2. The van der Waals surface area contributed by atoms with Crippen molar-refractivity contribution in [2.45, 2.75) is 65.0 Å². The second-order valence-electron chi connectivity index (χ2n) is 15.3. The summed E-state index contributed by atoms with van der Waals surface area (Å²) in [5.41, 5.74) is 7.20. The van der Waals surface area contributed by atoms with Crippen LogP contribution in [0.25, 0.3) is 0 Å². The molecular weight excluding hydrogens is 744 g/mol. The minimum Gasteiger partial charge on any atom is -0.334 e. The minimum atomic E-state index is -0.00323. The molecule has 0 N–H and O–H groups in total. The van der Waals surface area contributed by atoms with Crippen LogP contribution in [0.4, 0.5) is 0 Å². The maximum Gasteiger partial charge on any atom is 0.227 e. The number of piperidine rings is 2. The third kappa shape index (κ3) is 11.7. The Hall–Kier alpha value is -4.56. The van der Waals surface area contributed by atoms with Gasteiger partial charge in [-0.15, -0.1) is 17.0 Å². The smallest absolute Gasteiger partial charge is 0.227 e. The van der Waals surface area contributed by atoms with Crippen molar-refractivity contribution in [3.8, 4) is 0 Å². The molecule has 0 saturated carbocycles. The molecule has 0 spiro atoms. The lowest BCUT2D eigenvalue weighted by Crippen LogP contribution is -2.44. The molecule has 2 fully saturated rings. The largest absolute Gasteiger partial charge is 0.334 e. The van der Waals surface area contributed by atoms with Crippen LogP contribution in [0.2, 0.25) is 0 Å². The lowest BCUT2D eigenvalue weighted by Gasteiger charge is -2.35. The average molecular weight is 800 g/mol. The fourth-order valence-corrected chi connectivity index (χ4v) is 8.22. The van der Waals surface area contributed by atoms with E-state index >= 15 is 0 Å². The van der Waals surface area contributed by atoms with Crippen molar-refractivity contribution in [2.24, 2.45) is 11.8 Å². The van der Waals surface area contributed by atoms with E-state index in [1.54, 1.807) is 0 Å². The Morgan fingerprint density at radius 2 is 0.727 bits per heavy atom. The van der Waals surface area contributed by atoms with Crippen molar-refractivity contribution < 1.29 is 9.59 Å². The van der Waals surface area contributed by atoms with Gasteiger partial charge in [-0.1, -0.05) is 146 Å². The predicted molar refractivity (Wildman–Crippen MR) is 227 cm³/mol. The predicted octanol–water partition coefficient (Wildman–Crippen LogP) is 9.15. The summed E-state index contributed by atoms with van der Waals surface area (Å²) >= 11 is 0. The summed E-state index contributed by atoms with van der Waals surface area (Å²) in [5.74, 6) is 0.502. The van der Waals surface area contributed by atoms with E-state index in [-0.39, 0.29) is 40.6 Å². The molecule has 55 heavy (non-hydrogen) atoms. The fraction of sp³-hybridized carbons (Fsp3) is 0.333. The van der Waals surface area contributed by atoms with Crippen LogP contribution in [0.5, 0.6) is 0 Å². The van der Waals surface area contributed by atoms with E-state index in [0.29, 0.717) is 26.2 Å². The number of nitrogens with zero attached hydrogens (tertiary/aromatic N) is 4. The molecule has 0 aromatic heterocycles. The van der Waals surface area contributed by atoms with Gasteiger partial charge in [0.15, 0.2) is 0 Å². The van der Waals surface area contributed by atoms with Crippen molar-refractivity contribution in [3.05, 3.63) is 179 Å². The number of rotatable bonds is 14. The molecule has 0 radical (unpaired) electrons. The maximum atomic E-state index is 14.1. The van der Waals surface area contributed by atoms with Gasteiger partial charge in [0, 0.05) is 52.4 Å². The van der Waals surface area contributed by atoms with Crippen molar-refractivity contribution in [2.75, 3.05) is 26.2 Å². The molecule has 5 aromatic carbocycles. The SMILES string of the molecule is Br.O=C(C1CCCN(Cc2ccc(CN3CCCC(C(=O)N(Cc4ccccc4)Cc4ccccc4)C3)cc2)C1)N(Cc1ccccc1)Cc1ccccc1. The summed E-state index contributed by atoms with van der Waals surface area (Å²) in [4.78, 5) is 37.2. The van der Waals surface area contributed by atoms with Crippen LogP contribution in [0.3, 0.4) is 0 Å². The van der Waals surface area contributed by atoms with Crippen LogP contribution >= 0.6 is 17.0 Å². The van der Waals surface area contributed by atoms with Crippen molar-refractivity contribution >= 4 is 28.8 Å². The first-order chi connectivity index (χ1) is 26.6. The van der Waals surface area contributed by atoms with Crippen LogP contribution in [-0.2, 0) is 48.9 Å². The summed E-state index contributed by atoms with van der Waals surface area (Å²) < 4.78 is 0. The van der Waals surface area contributed by atoms with Gasteiger partial charge in [-0.05, 0) is 72.2 Å². The van der Waals surface area contributed by atoms with E-state index in [4.69, 9.17) is 0 Å². The Bertz CT molecular complexity index is 1670. The van der Waals surface area contributed by atoms with Gasteiger partial charge >= 0.3 is 0 Å². The van der Waals surface area contributed by atoms with Gasteiger partial charge < -0.3 is 9.80 Å². The zero-order valence-electron chi connectivity index (χ0n) is 31.9. The second-order valence-corrected chi connectivity index (χ2v) is 15.3. The quantitative estimate of drug-likeness (QED) is 0.113. The zero-order valence-corrected chi connectivity index (χ0v) is 33.6. The molecule has 6 nitrogen and oxygen atoms in total. The molecule has 2 atom stereocenters. The molecule has 5 aromatic rings. The first-order valence-corrected chi connectivity index (χ1v) is 19.8. The highest BCUT2D eigenvalue weighted by molar-refractivity contribution is 8.93. The van der Waals surface area contributed by atoms with E-state index in [1.807, 2.05) is 72.8 Å². The number of likely N-dealkylation sites (tertiary alicyclic amines) is 2. The number of halogens is 1. The lowest BCUT2D eigenvalue weighted by atomic mass is 9.95. The average Bonchev–Trinajstić information content (AvgIpc) is 3.22. The summed E-state index contributed by atoms with van der Waals surface area (Å²) in [6, 6.07) is 50.4. The molecule has 2 unspecified atom stereocenters. The van der Waals surface area contributed by atoms with Crippen molar-refractivity contribution in [1.82, 2.24) is 19.6 Å². The zero-order chi connectivity index (χ0) is 37.0. The molecule has 7 heteroatoms. The molecule has 0 aliphatic carbocycles. The normalized spacial score (nSPS) is 17.5. The van der Waals surface area contributed by atoms with Crippen molar-refractivity contribution in [1.29, 1.82) is 0 Å². The highest BCUT2D eigenvalue weighted by Gasteiger charge is 2.31. The Labute approximate surface area is 338 Å². The van der Waals surface area contributed by atoms with Crippen LogP contribution in [-0.4, -0.2) is 57.6 Å². The molecule has 2 saturated heterocycles. The molecule has 2 aliphatic rings. The first-order valence-electron chi connectivity index (χ1n) is 19.8. The third-order valence-corrected chi connectivity index (χ3v) is 11.0. The molecule has 7 rings (SSSR count). The number of carbonyl (C=O) groups excluding carboxylic acids is 2. The Kier molecular flexibility index (Phi) is 14.9. The monoisotopic (exact) mass is 798 g/mol. The van der Waals surface area contributed by atoms with Gasteiger partial charge in [0.2, 0.25) is 11.8 Å². The van der Waals surface area contributed by atoms with E-state index in [1.165, 1.54) is 11.1 Å². The standard InChI is InChI=1S/C48H54N4O2.BrH/c53-47(51(33-39-15-5-1-6-16-39)34-40-17-7-2-8-18-40)45-23-13-29-49(37-45)31-43-25-27-44(28-26-43)32-50-30-14-24-46(38-50)48(54)52(35-41-19-9-3-10-20-41)36-42-21-11-4-12-22-42;/h1-12,15-22,25-28,45-46H,13-14,23-24,29-38H2;1H. The molecule has 2 aliphatic heterocycles. The molecule has 2 amide bonds. The van der Waals surface area contributed by atoms with E-state index < -0.39 is 0 Å². The number of hydrogen-bond acceptors (Lipinski definition) is 4. The van der Waals surface area contributed by atoms with Gasteiger partial charge in [-0.25, -0.2) is 0 Å². The summed E-state index contributed by atoms with van der Waals surface area (Å²) in [6.07, 6.45) is 3.93. The van der Waals surface area contributed by atoms with E-state index in [9.17, 15) is 9.59 Å². The van der Waals surface area contributed by atoms with Crippen LogP contribution in [0.1, 0.15) is 59.1 Å². The highest BCUT2D eigenvalue weighted by Crippen LogP contribution is 2.25. The van der Waals surface area contributed by atoms with Gasteiger partial charge in [0.1, 0.15) is 0 Å². The Morgan fingerprint density at radius 3 is 1.02 bits per heavy atom. The number of carbonyl (C=O) groups is 2. The third-order valence-electron chi connectivity index (χ3n) is 11.0. The lowest BCUT2D eigenvalue weighted by molar-refractivity contribution is -0.139. The summed E-state index contributed by atoms with van der Waals surface area (Å²) in [5, 5.41) is 0. The van der Waals surface area contributed by atoms with Gasteiger partial charge in [0.25, 0.3) is 0 Å². The van der Waals surface area contributed by atoms with E-state index in [0.717, 1.165) is 87.2 Å². The highest BCUT2D eigenvalue weighted by atomic mass is 79.9. The summed E-state index contributed by atoms with van der Waals surface area (Å²) in [6.45, 7) is 7.78. The summed E-state index contributed by atoms with van der Waals surface area (Å²) in [7, 11) is 0. The first kappa shape index (κ1) is 40.1. The molecule has 286 valence electrons. The fourth-order valence-electron chi connectivity index (χ4n) is 8.22. The number of amides is 2. The van der Waals surface area contributed by atoms with Gasteiger partial charge in [-0.2, -0.15) is 0 Å². The maximum absolute atomic E-state index is 14.1. The molecule has 2 heterocycles. The Balaban J connectivity index is 0.00000514. The second kappa shape index (κ2) is 20.4. The Morgan fingerprint density at radius 1 is 0.436 bits per heavy atom. The van der Waals surface area contributed by atoms with Crippen LogP contribution in [0, 0.1) is 11.8 Å². The van der Waals surface area contributed by atoms with Crippen LogP contribution < -0.4 is 0 Å². The minimum absolute atomic E-state index is 0. The van der Waals surface area contributed by atoms with Gasteiger partial charge in [0.05, 0.1) is 11.8 Å².